The second-order valence-corrected chi connectivity index (χ2v) is 6.03. The van der Waals surface area contributed by atoms with E-state index >= 15 is 0 Å². The van der Waals surface area contributed by atoms with Crippen molar-refractivity contribution in [3.05, 3.63) is 53.7 Å². The van der Waals surface area contributed by atoms with Crippen LogP contribution in [-0.4, -0.2) is 37.0 Å². The van der Waals surface area contributed by atoms with Crippen LogP contribution in [0.4, 0.5) is 0 Å². The molecule has 7 nitrogen and oxygen atoms in total. The van der Waals surface area contributed by atoms with E-state index in [9.17, 15) is 4.79 Å². The molecule has 0 bridgehead atoms. The third-order valence-corrected chi connectivity index (χ3v) is 4.02. The van der Waals surface area contributed by atoms with Gasteiger partial charge in [-0.2, -0.15) is 10.2 Å². The largest absolute Gasteiger partial charge is 0.351 e. The number of carbonyl (C=O) groups is 1. The molecule has 3 heterocycles. The molecule has 0 unspecified atom stereocenters. The number of carbonyl (C=O) groups excluding carboxylic acids is 1. The van der Waals surface area contributed by atoms with Crippen LogP contribution in [0.15, 0.2) is 36.7 Å². The summed E-state index contributed by atoms with van der Waals surface area (Å²) in [5, 5.41) is 11.8. The number of aromatic nitrogens is 5. The van der Waals surface area contributed by atoms with Crippen molar-refractivity contribution in [3.63, 3.8) is 0 Å². The van der Waals surface area contributed by atoms with Crippen molar-refractivity contribution in [2.45, 2.75) is 26.8 Å². The van der Waals surface area contributed by atoms with Gasteiger partial charge in [0, 0.05) is 43.8 Å². The Morgan fingerprint density at radius 2 is 1.92 bits per heavy atom. The van der Waals surface area contributed by atoms with E-state index in [1.165, 1.54) is 0 Å². The van der Waals surface area contributed by atoms with E-state index in [0.29, 0.717) is 12.2 Å². The minimum absolute atomic E-state index is 0.122. The summed E-state index contributed by atoms with van der Waals surface area (Å²) in [7, 11) is 1.77. The fourth-order valence-corrected chi connectivity index (χ4v) is 2.77. The molecular formula is C18H22N6O. The Morgan fingerprint density at radius 1 is 1.16 bits per heavy atom. The van der Waals surface area contributed by atoms with Crippen molar-refractivity contribution in [1.82, 2.24) is 29.9 Å². The minimum atomic E-state index is -0.122. The predicted molar refractivity (Wildman–Crippen MR) is 95.1 cm³/mol. The molecule has 3 rings (SSSR count). The fraction of sp³-hybridized carbons (Fsp3) is 0.333. The average molecular weight is 338 g/mol. The van der Waals surface area contributed by atoms with Gasteiger partial charge in [0.25, 0.3) is 5.91 Å². The highest BCUT2D eigenvalue weighted by Crippen LogP contribution is 2.17. The molecule has 0 aromatic carbocycles. The zero-order valence-corrected chi connectivity index (χ0v) is 14.7. The van der Waals surface area contributed by atoms with Crippen LogP contribution in [0.1, 0.15) is 28.3 Å². The van der Waals surface area contributed by atoms with Crippen LogP contribution in [0.3, 0.4) is 0 Å². The smallest absolute Gasteiger partial charge is 0.269 e. The van der Waals surface area contributed by atoms with Gasteiger partial charge >= 0.3 is 0 Å². The average Bonchev–Trinajstić information content (AvgIpc) is 3.14. The van der Waals surface area contributed by atoms with Gasteiger partial charge in [0.15, 0.2) is 0 Å². The Hall–Kier alpha value is -2.96. The van der Waals surface area contributed by atoms with Gasteiger partial charge in [-0.3, -0.25) is 19.1 Å². The summed E-state index contributed by atoms with van der Waals surface area (Å²) in [4.78, 5) is 16.4. The number of rotatable bonds is 6. The van der Waals surface area contributed by atoms with Crippen molar-refractivity contribution < 1.29 is 4.79 Å². The number of pyridine rings is 1. The third kappa shape index (κ3) is 3.93. The Labute approximate surface area is 146 Å². The molecule has 0 atom stereocenters. The van der Waals surface area contributed by atoms with Gasteiger partial charge in [0.05, 0.1) is 11.4 Å². The Balaban J connectivity index is 1.56. The first-order chi connectivity index (χ1) is 12.0. The van der Waals surface area contributed by atoms with Crippen molar-refractivity contribution >= 4 is 5.91 Å². The van der Waals surface area contributed by atoms with Crippen molar-refractivity contribution in [1.29, 1.82) is 0 Å². The molecule has 3 aromatic rings. The van der Waals surface area contributed by atoms with E-state index < -0.39 is 0 Å². The Morgan fingerprint density at radius 3 is 2.60 bits per heavy atom. The lowest BCUT2D eigenvalue weighted by atomic mass is 10.2. The summed E-state index contributed by atoms with van der Waals surface area (Å²) >= 11 is 0. The molecule has 0 aliphatic heterocycles. The number of nitrogens with zero attached hydrogens (tertiary/aromatic N) is 5. The van der Waals surface area contributed by atoms with Gasteiger partial charge in [-0.15, -0.1) is 0 Å². The van der Waals surface area contributed by atoms with E-state index in [2.05, 4.69) is 26.6 Å². The molecule has 25 heavy (non-hydrogen) atoms. The lowest BCUT2D eigenvalue weighted by molar-refractivity contribution is 0.0943. The molecule has 0 aliphatic rings. The van der Waals surface area contributed by atoms with Gasteiger partial charge in [0.1, 0.15) is 5.69 Å². The second-order valence-electron chi connectivity index (χ2n) is 6.03. The number of hydrogen-bond donors (Lipinski definition) is 1. The van der Waals surface area contributed by atoms with E-state index in [1.54, 1.807) is 30.2 Å². The summed E-state index contributed by atoms with van der Waals surface area (Å²) < 4.78 is 3.57. The maximum absolute atomic E-state index is 12.4. The summed E-state index contributed by atoms with van der Waals surface area (Å²) in [5.41, 5.74) is 4.39. The minimum Gasteiger partial charge on any atom is -0.351 e. The van der Waals surface area contributed by atoms with Gasteiger partial charge in [-0.05, 0) is 44.5 Å². The highest BCUT2D eigenvalue weighted by atomic mass is 16.2. The molecule has 1 amide bonds. The SMILES string of the molecule is Cc1cc(C)n(CCCNC(=O)c2cc(-c3ccncc3)nn2C)n1. The van der Waals surface area contributed by atoms with Crippen molar-refractivity contribution in [2.24, 2.45) is 7.05 Å². The zero-order valence-electron chi connectivity index (χ0n) is 14.7. The monoisotopic (exact) mass is 338 g/mol. The molecule has 0 saturated heterocycles. The summed E-state index contributed by atoms with van der Waals surface area (Å²) in [6.07, 6.45) is 4.24. The summed E-state index contributed by atoms with van der Waals surface area (Å²) in [6, 6.07) is 7.59. The summed E-state index contributed by atoms with van der Waals surface area (Å²) in [5.74, 6) is -0.122. The Bertz CT molecular complexity index is 865. The van der Waals surface area contributed by atoms with Crippen molar-refractivity contribution in [2.75, 3.05) is 6.54 Å². The van der Waals surface area contributed by atoms with Crippen LogP contribution in [0, 0.1) is 13.8 Å². The first kappa shape index (κ1) is 16.9. The standard InChI is InChI=1S/C18H22N6O/c1-13-11-14(2)24(21-13)10-4-7-20-18(25)17-12-16(22-23(17)3)15-5-8-19-9-6-15/h5-6,8-9,11-12H,4,7,10H2,1-3H3,(H,20,25). The molecular weight excluding hydrogens is 316 g/mol. The zero-order chi connectivity index (χ0) is 17.8. The molecule has 0 fully saturated rings. The fourth-order valence-electron chi connectivity index (χ4n) is 2.77. The number of nitrogens with one attached hydrogen (secondary N) is 1. The highest BCUT2D eigenvalue weighted by molar-refractivity contribution is 5.93. The Kier molecular flexibility index (Phi) is 4.92. The van der Waals surface area contributed by atoms with E-state index in [-0.39, 0.29) is 5.91 Å². The first-order valence-electron chi connectivity index (χ1n) is 8.28. The maximum atomic E-state index is 12.4. The third-order valence-electron chi connectivity index (χ3n) is 4.02. The van der Waals surface area contributed by atoms with Gasteiger partial charge in [-0.1, -0.05) is 0 Å². The van der Waals surface area contributed by atoms with E-state index in [0.717, 1.165) is 35.6 Å². The predicted octanol–water partition coefficient (Wildman–Crippen LogP) is 2.12. The number of amides is 1. The van der Waals surface area contributed by atoms with Crippen LogP contribution < -0.4 is 5.32 Å². The van der Waals surface area contributed by atoms with Gasteiger partial charge < -0.3 is 5.32 Å². The normalized spacial score (nSPS) is 10.8. The van der Waals surface area contributed by atoms with Crippen LogP contribution in [0.25, 0.3) is 11.3 Å². The van der Waals surface area contributed by atoms with Crippen LogP contribution in [-0.2, 0) is 13.6 Å². The molecule has 0 radical (unpaired) electrons. The van der Waals surface area contributed by atoms with Crippen LogP contribution >= 0.6 is 0 Å². The van der Waals surface area contributed by atoms with Crippen molar-refractivity contribution in [3.8, 4) is 11.3 Å². The molecule has 0 spiro atoms. The topological polar surface area (TPSA) is 77.6 Å². The molecule has 0 saturated carbocycles. The van der Waals surface area contributed by atoms with Gasteiger partial charge in [0.2, 0.25) is 0 Å². The highest BCUT2D eigenvalue weighted by Gasteiger charge is 2.13. The lowest BCUT2D eigenvalue weighted by Gasteiger charge is -2.06. The lowest BCUT2D eigenvalue weighted by Crippen LogP contribution is -2.27. The van der Waals surface area contributed by atoms with E-state index in [1.807, 2.05) is 30.7 Å². The second kappa shape index (κ2) is 7.29. The first-order valence-corrected chi connectivity index (χ1v) is 8.28. The molecule has 3 aromatic heterocycles. The summed E-state index contributed by atoms with van der Waals surface area (Å²) in [6.45, 7) is 5.39. The van der Waals surface area contributed by atoms with Crippen LogP contribution in [0.5, 0.6) is 0 Å². The van der Waals surface area contributed by atoms with Gasteiger partial charge in [-0.25, -0.2) is 0 Å². The quantitative estimate of drug-likeness (QED) is 0.698. The maximum Gasteiger partial charge on any atom is 0.269 e. The number of aryl methyl sites for hydroxylation is 4. The molecule has 1 N–H and O–H groups in total. The molecule has 130 valence electrons. The van der Waals surface area contributed by atoms with E-state index in [4.69, 9.17) is 0 Å². The molecule has 7 heteroatoms. The number of hydrogen-bond acceptors (Lipinski definition) is 4. The molecule has 0 aliphatic carbocycles. The van der Waals surface area contributed by atoms with Crippen LogP contribution in [0.2, 0.25) is 0 Å².